The van der Waals surface area contributed by atoms with E-state index < -0.39 is 0 Å². The zero-order valence-corrected chi connectivity index (χ0v) is 9.03. The van der Waals surface area contributed by atoms with E-state index in [-0.39, 0.29) is 6.61 Å². The zero-order valence-electron chi connectivity index (χ0n) is 7.40. The maximum Gasteiger partial charge on any atom is 0.0968 e. The number of aromatic nitrogens is 1. The fraction of sp³-hybridized carbons (Fsp3) is 0.667. The summed E-state index contributed by atoms with van der Waals surface area (Å²) in [5, 5.41) is 12.1. The van der Waals surface area contributed by atoms with E-state index in [0.29, 0.717) is 5.92 Å². The molecule has 4 heteroatoms. The second-order valence-electron chi connectivity index (χ2n) is 3.25. The van der Waals surface area contributed by atoms with Gasteiger partial charge in [0.15, 0.2) is 0 Å². The monoisotopic (exact) mass is 215 g/mol. The van der Waals surface area contributed by atoms with Crippen molar-refractivity contribution in [3.63, 3.8) is 0 Å². The number of rotatable bonds is 2. The van der Waals surface area contributed by atoms with Gasteiger partial charge in [-0.1, -0.05) is 0 Å². The Kier molecular flexibility index (Phi) is 3.24. The van der Waals surface area contributed by atoms with Crippen LogP contribution >= 0.6 is 23.1 Å². The van der Waals surface area contributed by atoms with Gasteiger partial charge in [-0.25, -0.2) is 4.98 Å². The van der Waals surface area contributed by atoms with Gasteiger partial charge in [0.1, 0.15) is 0 Å². The molecule has 2 rings (SSSR count). The number of aliphatic hydroxyl groups excluding tert-OH is 1. The van der Waals surface area contributed by atoms with Gasteiger partial charge in [-0.3, -0.25) is 0 Å². The van der Waals surface area contributed by atoms with E-state index in [2.05, 4.69) is 4.98 Å². The summed E-state index contributed by atoms with van der Waals surface area (Å²) in [4.78, 5) is 4.41. The Morgan fingerprint density at radius 1 is 1.62 bits per heavy atom. The van der Waals surface area contributed by atoms with Crippen LogP contribution in [-0.4, -0.2) is 21.6 Å². The van der Waals surface area contributed by atoms with E-state index in [1.165, 1.54) is 29.4 Å². The lowest BCUT2D eigenvalue weighted by Gasteiger charge is -2.18. The quantitative estimate of drug-likeness (QED) is 0.821. The van der Waals surface area contributed by atoms with Crippen molar-refractivity contribution >= 4 is 23.1 Å². The third-order valence-corrected chi connectivity index (χ3v) is 4.51. The van der Waals surface area contributed by atoms with Crippen molar-refractivity contribution in [1.82, 2.24) is 4.98 Å². The lowest BCUT2D eigenvalue weighted by atomic mass is 10.1. The zero-order chi connectivity index (χ0) is 9.10. The van der Waals surface area contributed by atoms with E-state index in [9.17, 15) is 0 Å². The number of thioether (sulfide) groups is 1. The van der Waals surface area contributed by atoms with E-state index in [0.717, 1.165) is 5.69 Å². The predicted molar refractivity (Wildman–Crippen MR) is 57.3 cm³/mol. The number of aliphatic hydroxyl groups is 1. The summed E-state index contributed by atoms with van der Waals surface area (Å²) >= 11 is 3.72. The highest BCUT2D eigenvalue weighted by atomic mass is 32.2. The molecule has 1 aromatic rings. The molecule has 72 valence electrons. The van der Waals surface area contributed by atoms with Gasteiger partial charge in [0.25, 0.3) is 0 Å². The first-order chi connectivity index (χ1) is 6.40. The molecule has 1 atom stereocenters. The highest BCUT2D eigenvalue weighted by molar-refractivity contribution is 7.99. The molecule has 2 nitrogen and oxygen atoms in total. The Hall–Kier alpha value is -0.0600. The summed E-state index contributed by atoms with van der Waals surface area (Å²) in [6.45, 7) is 0.0797. The molecule has 1 unspecified atom stereocenters. The fourth-order valence-corrected chi connectivity index (χ4v) is 3.72. The van der Waals surface area contributed by atoms with Crippen LogP contribution in [0.4, 0.5) is 0 Å². The molecule has 0 amide bonds. The van der Waals surface area contributed by atoms with Gasteiger partial charge < -0.3 is 5.11 Å². The standard InChI is InChI=1S/C9H13NOS2/c11-4-8-6-13-9(10-8)7-2-1-3-12-5-7/h6-7,11H,1-5H2. The molecule has 1 aliphatic rings. The first-order valence-electron chi connectivity index (χ1n) is 4.53. The topological polar surface area (TPSA) is 33.1 Å². The van der Waals surface area contributed by atoms with Crippen LogP contribution in [0.1, 0.15) is 29.5 Å². The van der Waals surface area contributed by atoms with E-state index in [1.54, 1.807) is 11.3 Å². The van der Waals surface area contributed by atoms with Crippen molar-refractivity contribution in [3.05, 3.63) is 16.1 Å². The third kappa shape index (κ3) is 2.24. The molecule has 0 bridgehead atoms. The first-order valence-corrected chi connectivity index (χ1v) is 6.56. The summed E-state index contributed by atoms with van der Waals surface area (Å²) in [5.41, 5.74) is 0.829. The van der Waals surface area contributed by atoms with Gasteiger partial charge >= 0.3 is 0 Å². The molecule has 1 N–H and O–H groups in total. The number of thiazole rings is 1. The Morgan fingerprint density at radius 2 is 2.54 bits per heavy atom. The minimum atomic E-state index is 0.0797. The van der Waals surface area contributed by atoms with Crippen LogP contribution < -0.4 is 0 Å². The van der Waals surface area contributed by atoms with Gasteiger partial charge in [-0.15, -0.1) is 11.3 Å². The first kappa shape index (κ1) is 9.49. The van der Waals surface area contributed by atoms with E-state index in [4.69, 9.17) is 5.11 Å². The minimum absolute atomic E-state index is 0.0797. The van der Waals surface area contributed by atoms with Gasteiger partial charge in [-0.2, -0.15) is 11.8 Å². The highest BCUT2D eigenvalue weighted by Crippen LogP contribution is 2.32. The molecular weight excluding hydrogens is 202 g/mol. The predicted octanol–water partition coefficient (Wildman–Crippen LogP) is 2.25. The second-order valence-corrected chi connectivity index (χ2v) is 5.29. The highest BCUT2D eigenvalue weighted by Gasteiger charge is 2.18. The molecule has 1 fully saturated rings. The van der Waals surface area contributed by atoms with Gasteiger partial charge in [0.2, 0.25) is 0 Å². The van der Waals surface area contributed by atoms with Crippen LogP contribution in [0, 0.1) is 0 Å². The molecule has 1 aliphatic heterocycles. The van der Waals surface area contributed by atoms with Crippen molar-refractivity contribution in [2.24, 2.45) is 0 Å². The lowest BCUT2D eigenvalue weighted by Crippen LogP contribution is -2.08. The van der Waals surface area contributed by atoms with Gasteiger partial charge in [-0.05, 0) is 18.6 Å². The van der Waals surface area contributed by atoms with Crippen molar-refractivity contribution in [2.75, 3.05) is 11.5 Å². The Morgan fingerprint density at radius 3 is 3.15 bits per heavy atom. The average Bonchev–Trinajstić information content (AvgIpc) is 2.67. The molecule has 13 heavy (non-hydrogen) atoms. The molecule has 1 aromatic heterocycles. The molecule has 1 saturated heterocycles. The lowest BCUT2D eigenvalue weighted by molar-refractivity contribution is 0.277. The molecule has 0 radical (unpaired) electrons. The van der Waals surface area contributed by atoms with Crippen molar-refractivity contribution < 1.29 is 5.11 Å². The van der Waals surface area contributed by atoms with Crippen molar-refractivity contribution in [1.29, 1.82) is 0 Å². The molecular formula is C9H13NOS2. The van der Waals surface area contributed by atoms with Crippen LogP contribution in [0.15, 0.2) is 5.38 Å². The average molecular weight is 215 g/mol. The molecule has 0 saturated carbocycles. The van der Waals surface area contributed by atoms with Crippen LogP contribution in [0.5, 0.6) is 0 Å². The smallest absolute Gasteiger partial charge is 0.0968 e. The van der Waals surface area contributed by atoms with E-state index >= 15 is 0 Å². The number of hydrogen-bond donors (Lipinski definition) is 1. The van der Waals surface area contributed by atoms with Crippen LogP contribution in [0.25, 0.3) is 0 Å². The van der Waals surface area contributed by atoms with Crippen molar-refractivity contribution in [2.45, 2.75) is 25.4 Å². The summed E-state index contributed by atoms with van der Waals surface area (Å²) in [5.74, 6) is 3.15. The summed E-state index contributed by atoms with van der Waals surface area (Å²) in [6.07, 6.45) is 2.58. The SMILES string of the molecule is OCc1csc(C2CCCSC2)n1. The number of nitrogens with zero attached hydrogens (tertiary/aromatic N) is 1. The van der Waals surface area contributed by atoms with Gasteiger partial charge in [0.05, 0.1) is 17.3 Å². The summed E-state index contributed by atoms with van der Waals surface area (Å²) in [6, 6.07) is 0. The molecule has 0 aliphatic carbocycles. The summed E-state index contributed by atoms with van der Waals surface area (Å²) in [7, 11) is 0. The van der Waals surface area contributed by atoms with Crippen LogP contribution in [-0.2, 0) is 6.61 Å². The normalized spacial score (nSPS) is 23.3. The minimum Gasteiger partial charge on any atom is -0.390 e. The molecule has 0 spiro atoms. The maximum atomic E-state index is 8.89. The van der Waals surface area contributed by atoms with E-state index in [1.807, 2.05) is 17.1 Å². The number of hydrogen-bond acceptors (Lipinski definition) is 4. The Labute approximate surface area is 86.4 Å². The van der Waals surface area contributed by atoms with Crippen LogP contribution in [0.3, 0.4) is 0 Å². The van der Waals surface area contributed by atoms with Gasteiger partial charge in [0, 0.05) is 17.1 Å². The largest absolute Gasteiger partial charge is 0.390 e. The van der Waals surface area contributed by atoms with Crippen molar-refractivity contribution in [3.8, 4) is 0 Å². The third-order valence-electron chi connectivity index (χ3n) is 2.24. The Bertz CT molecular complexity index is 268. The molecule has 0 aromatic carbocycles. The fourth-order valence-electron chi connectivity index (χ4n) is 1.52. The maximum absolute atomic E-state index is 8.89. The second kappa shape index (κ2) is 4.44. The van der Waals surface area contributed by atoms with Crippen LogP contribution in [0.2, 0.25) is 0 Å². The molecule has 2 heterocycles. The summed E-state index contributed by atoms with van der Waals surface area (Å²) < 4.78 is 0. The Balaban J connectivity index is 2.05.